The van der Waals surface area contributed by atoms with Gasteiger partial charge in [0.05, 0.1) is 6.54 Å². The number of rotatable bonds is 5. The van der Waals surface area contributed by atoms with Gasteiger partial charge in [-0.25, -0.2) is 9.97 Å². The molecule has 0 bridgehead atoms. The highest BCUT2D eigenvalue weighted by Crippen LogP contribution is 2.41. The summed E-state index contributed by atoms with van der Waals surface area (Å²) in [5.74, 6) is 0.856. The van der Waals surface area contributed by atoms with Crippen molar-refractivity contribution in [1.29, 1.82) is 0 Å². The van der Waals surface area contributed by atoms with Crippen LogP contribution >= 0.6 is 11.3 Å². The van der Waals surface area contributed by atoms with E-state index in [4.69, 9.17) is 0 Å². The highest BCUT2D eigenvalue weighted by Gasteiger charge is 2.33. The summed E-state index contributed by atoms with van der Waals surface area (Å²) in [6, 6.07) is 1.08. The predicted molar refractivity (Wildman–Crippen MR) is 90.8 cm³/mol. The van der Waals surface area contributed by atoms with Crippen LogP contribution in [0.25, 0.3) is 0 Å². The molecule has 0 unspecified atom stereocenters. The fourth-order valence-electron chi connectivity index (χ4n) is 3.05. The van der Waals surface area contributed by atoms with Gasteiger partial charge in [0.25, 0.3) is 0 Å². The predicted octanol–water partition coefficient (Wildman–Crippen LogP) is 3.30. The minimum Gasteiger partial charge on any atom is -0.367 e. The second-order valence-corrected chi connectivity index (χ2v) is 7.88. The van der Waals surface area contributed by atoms with Crippen molar-refractivity contribution in [2.24, 2.45) is 0 Å². The van der Waals surface area contributed by atoms with E-state index in [1.165, 1.54) is 12.8 Å². The third-order valence-corrected chi connectivity index (χ3v) is 5.74. The molecule has 0 atom stereocenters. The van der Waals surface area contributed by atoms with E-state index in [0.29, 0.717) is 5.92 Å². The van der Waals surface area contributed by atoms with Gasteiger partial charge in [0.15, 0.2) is 0 Å². The quantitative estimate of drug-likeness (QED) is 0.853. The maximum atomic E-state index is 12.7. The Morgan fingerprint density at radius 1 is 1.12 bits per heavy atom. The maximum absolute atomic E-state index is 12.7. The normalized spacial score (nSPS) is 19.7. The van der Waals surface area contributed by atoms with E-state index in [-0.39, 0.29) is 11.9 Å². The van der Waals surface area contributed by atoms with Crippen molar-refractivity contribution in [3.05, 3.63) is 28.1 Å². The molecular formula is C16H19F3N6S. The molecule has 6 nitrogen and oxygen atoms in total. The monoisotopic (exact) mass is 384 g/mol. The second kappa shape index (κ2) is 7.07. The molecule has 0 spiro atoms. The van der Waals surface area contributed by atoms with Crippen LogP contribution in [-0.2, 0) is 12.7 Å². The van der Waals surface area contributed by atoms with Gasteiger partial charge in [0, 0.05) is 31.1 Å². The standard InChI is InChI=1S/C16H19F3N6S/c17-16(18,19)12-7-13(21-9-20-12)22-11-3-5-25(6-4-11)8-14-23-24-15(26-14)10-1-2-10/h7,9-11H,1-6,8H2,(H,20,21,22). The number of halogens is 3. The molecular weight excluding hydrogens is 365 g/mol. The fraction of sp³-hybridized carbons (Fsp3) is 0.625. The molecule has 10 heteroatoms. The summed E-state index contributed by atoms with van der Waals surface area (Å²) >= 11 is 1.70. The second-order valence-electron chi connectivity index (χ2n) is 6.79. The van der Waals surface area contributed by atoms with E-state index >= 15 is 0 Å². The molecule has 26 heavy (non-hydrogen) atoms. The number of likely N-dealkylation sites (tertiary alicyclic amines) is 1. The lowest BCUT2D eigenvalue weighted by atomic mass is 10.1. The molecule has 0 aromatic carbocycles. The Bertz CT molecular complexity index is 752. The molecule has 1 aliphatic carbocycles. The molecule has 2 aromatic rings. The van der Waals surface area contributed by atoms with E-state index in [0.717, 1.165) is 54.9 Å². The summed E-state index contributed by atoms with van der Waals surface area (Å²) in [4.78, 5) is 9.51. The number of nitrogens with zero attached hydrogens (tertiary/aromatic N) is 5. The minimum absolute atomic E-state index is 0.110. The zero-order chi connectivity index (χ0) is 18.1. The number of aromatic nitrogens is 4. The molecule has 1 aliphatic heterocycles. The van der Waals surface area contributed by atoms with E-state index in [1.54, 1.807) is 11.3 Å². The summed E-state index contributed by atoms with van der Waals surface area (Å²) in [6.07, 6.45) is 0.645. The summed E-state index contributed by atoms with van der Waals surface area (Å²) in [6.45, 7) is 2.53. The molecule has 1 N–H and O–H groups in total. The smallest absolute Gasteiger partial charge is 0.367 e. The van der Waals surface area contributed by atoms with Gasteiger partial charge < -0.3 is 5.32 Å². The van der Waals surface area contributed by atoms with Crippen molar-refractivity contribution in [3.63, 3.8) is 0 Å². The van der Waals surface area contributed by atoms with Crippen LogP contribution in [0.4, 0.5) is 19.0 Å². The lowest BCUT2D eigenvalue weighted by Gasteiger charge is -2.31. The highest BCUT2D eigenvalue weighted by molar-refractivity contribution is 7.11. The van der Waals surface area contributed by atoms with Crippen molar-refractivity contribution in [1.82, 2.24) is 25.1 Å². The lowest BCUT2D eigenvalue weighted by molar-refractivity contribution is -0.141. The molecule has 0 radical (unpaired) electrons. The first kappa shape index (κ1) is 17.6. The number of hydrogen-bond donors (Lipinski definition) is 1. The first-order valence-electron chi connectivity index (χ1n) is 8.68. The lowest BCUT2D eigenvalue weighted by Crippen LogP contribution is -2.38. The van der Waals surface area contributed by atoms with Crippen LogP contribution in [0.1, 0.15) is 47.3 Å². The molecule has 2 fully saturated rings. The zero-order valence-electron chi connectivity index (χ0n) is 14.0. The number of hydrogen-bond acceptors (Lipinski definition) is 7. The zero-order valence-corrected chi connectivity index (χ0v) is 14.9. The van der Waals surface area contributed by atoms with E-state index in [9.17, 15) is 13.2 Å². The van der Waals surface area contributed by atoms with Crippen LogP contribution in [0.15, 0.2) is 12.4 Å². The van der Waals surface area contributed by atoms with Crippen molar-refractivity contribution in [3.8, 4) is 0 Å². The molecule has 2 aromatic heterocycles. The average molecular weight is 384 g/mol. The summed E-state index contributed by atoms with van der Waals surface area (Å²) in [5.41, 5.74) is -0.921. The van der Waals surface area contributed by atoms with Crippen LogP contribution in [0.5, 0.6) is 0 Å². The molecule has 2 aliphatic rings. The largest absolute Gasteiger partial charge is 0.433 e. The van der Waals surface area contributed by atoms with Gasteiger partial charge in [0.2, 0.25) is 0 Å². The maximum Gasteiger partial charge on any atom is 0.433 e. The topological polar surface area (TPSA) is 66.8 Å². The number of alkyl halides is 3. The van der Waals surface area contributed by atoms with Gasteiger partial charge in [-0.05, 0) is 25.7 Å². The van der Waals surface area contributed by atoms with Gasteiger partial charge in [-0.1, -0.05) is 11.3 Å². The van der Waals surface area contributed by atoms with E-state index in [1.807, 2.05) is 0 Å². The van der Waals surface area contributed by atoms with Crippen LogP contribution in [0, 0.1) is 0 Å². The third-order valence-electron chi connectivity index (χ3n) is 4.67. The van der Waals surface area contributed by atoms with Gasteiger partial charge >= 0.3 is 6.18 Å². The molecule has 4 rings (SSSR count). The number of nitrogens with one attached hydrogen (secondary N) is 1. The average Bonchev–Trinajstić information content (AvgIpc) is 3.36. The first-order valence-corrected chi connectivity index (χ1v) is 9.49. The van der Waals surface area contributed by atoms with Crippen molar-refractivity contribution in [2.45, 2.75) is 50.4 Å². The molecule has 1 saturated carbocycles. The number of piperidine rings is 1. The fourth-order valence-corrected chi connectivity index (χ4v) is 4.11. The Morgan fingerprint density at radius 3 is 2.58 bits per heavy atom. The van der Waals surface area contributed by atoms with Gasteiger partial charge in [-0.2, -0.15) is 13.2 Å². The van der Waals surface area contributed by atoms with Crippen LogP contribution in [0.3, 0.4) is 0 Å². The SMILES string of the molecule is FC(F)(F)c1cc(NC2CCN(Cc3nnc(C4CC4)s3)CC2)ncn1. The van der Waals surface area contributed by atoms with E-state index < -0.39 is 11.9 Å². The molecule has 1 saturated heterocycles. The minimum atomic E-state index is -4.45. The third kappa shape index (κ3) is 4.29. The van der Waals surface area contributed by atoms with Crippen molar-refractivity contribution in [2.75, 3.05) is 18.4 Å². The molecule has 0 amide bonds. The Hall–Kier alpha value is -1.81. The highest BCUT2D eigenvalue weighted by atomic mass is 32.1. The van der Waals surface area contributed by atoms with Crippen LogP contribution in [0.2, 0.25) is 0 Å². The first-order chi connectivity index (χ1) is 12.5. The van der Waals surface area contributed by atoms with E-state index in [2.05, 4.69) is 30.4 Å². The Labute approximate surface area is 152 Å². The van der Waals surface area contributed by atoms with Gasteiger partial charge in [-0.15, -0.1) is 10.2 Å². The van der Waals surface area contributed by atoms with Crippen molar-refractivity contribution < 1.29 is 13.2 Å². The Balaban J connectivity index is 1.28. The number of anilines is 1. The Morgan fingerprint density at radius 2 is 1.88 bits per heavy atom. The summed E-state index contributed by atoms with van der Waals surface area (Å²) in [7, 11) is 0. The molecule has 3 heterocycles. The Kier molecular flexibility index (Phi) is 4.78. The molecule has 140 valence electrons. The summed E-state index contributed by atoms with van der Waals surface area (Å²) < 4.78 is 38.2. The van der Waals surface area contributed by atoms with Crippen LogP contribution < -0.4 is 5.32 Å². The van der Waals surface area contributed by atoms with Gasteiger partial charge in [-0.3, -0.25) is 4.90 Å². The van der Waals surface area contributed by atoms with Gasteiger partial charge in [0.1, 0.15) is 27.9 Å². The summed E-state index contributed by atoms with van der Waals surface area (Å²) in [5, 5.41) is 13.8. The van der Waals surface area contributed by atoms with Crippen molar-refractivity contribution >= 4 is 17.2 Å². The van der Waals surface area contributed by atoms with Crippen LogP contribution in [-0.4, -0.2) is 44.2 Å².